The molecule has 0 aliphatic heterocycles. The number of hydrogen-bond donors (Lipinski definition) is 9. The molecule has 0 saturated heterocycles. The predicted molar refractivity (Wildman–Crippen MR) is 512 cm³/mol. The molecule has 0 fully saturated rings. The molecule has 134 heavy (non-hydrogen) atoms. The lowest BCUT2D eigenvalue weighted by molar-refractivity contribution is -0.115. The van der Waals surface area contributed by atoms with Crippen LogP contribution in [0.25, 0.3) is 55.6 Å². The van der Waals surface area contributed by atoms with Crippen molar-refractivity contribution in [2.75, 3.05) is 108 Å². The highest BCUT2D eigenvalue weighted by Crippen LogP contribution is 2.36. The van der Waals surface area contributed by atoms with Gasteiger partial charge in [0.2, 0.25) is 43.7 Å². The molecule has 10 aromatic heterocycles. The number of pyridine rings is 10. The molecule has 6 amide bonds. The summed E-state index contributed by atoms with van der Waals surface area (Å²) in [5.41, 5.74) is 24.1. The first-order chi connectivity index (χ1) is 63.0. The van der Waals surface area contributed by atoms with E-state index in [1.165, 1.54) is 128 Å². The van der Waals surface area contributed by atoms with Crippen LogP contribution < -0.4 is 58.9 Å². The Hall–Kier alpha value is -14.6. The number of sulfone groups is 2. The van der Waals surface area contributed by atoms with Crippen LogP contribution >= 0.6 is 11.6 Å². The summed E-state index contributed by atoms with van der Waals surface area (Å²) >= 11 is 6.09. The zero-order valence-corrected chi connectivity index (χ0v) is 79.8. The van der Waals surface area contributed by atoms with Crippen molar-refractivity contribution >= 4 is 151 Å². The molecular formula is C89H100ClF2N23O15S4. The Kier molecular flexibility index (Phi) is 36.0. The Morgan fingerprint density at radius 1 is 0.440 bits per heavy atom. The minimum atomic E-state index is -3.78. The van der Waals surface area contributed by atoms with Crippen LogP contribution in [0.5, 0.6) is 0 Å². The highest BCUT2D eigenvalue weighted by molar-refractivity contribution is 7.92. The lowest BCUT2D eigenvalue weighted by atomic mass is 10.1. The van der Waals surface area contributed by atoms with E-state index in [0.29, 0.717) is 95.3 Å². The average molecular weight is 1930 g/mol. The van der Waals surface area contributed by atoms with E-state index in [2.05, 4.69) is 86.5 Å². The second-order valence-corrected chi connectivity index (χ2v) is 39.1. The molecule has 0 bridgehead atoms. The zero-order valence-electron chi connectivity index (χ0n) is 75.8. The van der Waals surface area contributed by atoms with Crippen molar-refractivity contribution in [3.8, 4) is 55.6 Å². The number of hydrogen-bond acceptors (Lipinski definition) is 30. The zero-order chi connectivity index (χ0) is 99.2. The van der Waals surface area contributed by atoms with E-state index >= 15 is 0 Å². The van der Waals surface area contributed by atoms with Crippen LogP contribution in [0.3, 0.4) is 0 Å². The van der Waals surface area contributed by atoms with Gasteiger partial charge in [0.25, 0.3) is 5.91 Å². The Balaban J connectivity index is 0.000000207. The minimum absolute atomic E-state index is 0.00268. The highest BCUT2D eigenvalue weighted by atomic mass is 35.5. The molecule has 0 aliphatic rings. The van der Waals surface area contributed by atoms with Crippen molar-refractivity contribution in [1.82, 2.24) is 58.5 Å². The lowest BCUT2D eigenvalue weighted by Gasteiger charge is -2.30. The molecule has 0 spiro atoms. The molecule has 12 rings (SSSR count). The molecule has 0 aliphatic carbocycles. The lowest BCUT2D eigenvalue weighted by Crippen LogP contribution is -2.42. The van der Waals surface area contributed by atoms with Gasteiger partial charge in [-0.2, -0.15) is 4.31 Å². The van der Waals surface area contributed by atoms with Crippen LogP contribution in [-0.4, -0.2) is 194 Å². The summed E-state index contributed by atoms with van der Waals surface area (Å²) in [5.74, 6) is -1.19. The fraction of sp³-hybridized carbons (Fsp3) is 0.236. The second-order valence-electron chi connectivity index (χ2n) is 30.3. The first-order valence-electron chi connectivity index (χ1n) is 40.3. The third-order valence-electron chi connectivity index (χ3n) is 18.8. The summed E-state index contributed by atoms with van der Waals surface area (Å²) in [6.45, 7) is 16.1. The van der Waals surface area contributed by atoms with Crippen LogP contribution in [-0.2, 0) is 69.4 Å². The quantitative estimate of drug-likeness (QED) is 0.0257. The number of amides is 6. The number of ether oxygens (including phenoxy) is 1. The Morgan fingerprint density at radius 3 is 1.19 bits per heavy atom. The summed E-state index contributed by atoms with van der Waals surface area (Å²) in [6, 6.07) is 33.6. The van der Waals surface area contributed by atoms with Crippen molar-refractivity contribution in [2.24, 2.45) is 0 Å². The molecule has 0 unspecified atom stereocenters. The Morgan fingerprint density at radius 2 is 0.813 bits per heavy atom. The van der Waals surface area contributed by atoms with E-state index in [1.54, 1.807) is 156 Å². The van der Waals surface area contributed by atoms with Crippen molar-refractivity contribution in [3.05, 3.63) is 223 Å². The molecule has 38 nitrogen and oxygen atoms in total. The standard InChI is InChI=1S/C22H21F2N5O2.C19H17ClN4O3S.C19H27N5O3S.C15H18N4O3S.C14H17N5O4S/c1-13(30)27-20-10-14(7-8-25-20)15-9-17(21(26-12-15)28(2)3)22(31)29(4)19-6-5-16(23)11-18(19)24;1-12(25)24-18-9-13(6-7-22-18)15-8-17(19(21)23-10-15)28(26,27)11-14-4-2-3-5-16(14)20;1-12(2)24(13(3)4)28(26,27)17-9-16(11-22-19(17)20-6)15-7-8-21-18(10-15)23-14(5)25;1-9(2)23(21,22)13-6-12(8-18-15(13)16)11-4-5-17-14(7-11)19-10(3)20;1-19(2)24(21,22)11-6-10(8-17-13(11)15)9-4-5-16-12(7-9)18-14(20)23-3/h5-12H,1-4H3,(H,25,27,30);2-10H,11H2,1H3,(H2,21,23)(H,22,24,25);7-13H,1-6H3,(H,20,22)(H,21,23,25);4-9H,1-3H3,(H2,16,18)(H,17,19,20);4-8H,1-3H3,(H2,15,17)(H,16,18,20). The molecule has 12 N–H and O–H groups in total. The average Bonchev–Trinajstić information content (AvgIpc) is 0.778. The first kappa shape index (κ1) is 105. The summed E-state index contributed by atoms with van der Waals surface area (Å²) < 4.78 is 136. The fourth-order valence-electron chi connectivity index (χ4n) is 12.6. The van der Waals surface area contributed by atoms with Gasteiger partial charge in [-0.25, -0.2) is 101 Å². The summed E-state index contributed by atoms with van der Waals surface area (Å²) in [4.78, 5) is 113. The Labute approximate surface area is 779 Å². The van der Waals surface area contributed by atoms with Crippen LogP contribution in [0.1, 0.15) is 85.2 Å². The van der Waals surface area contributed by atoms with Gasteiger partial charge < -0.3 is 58.3 Å². The number of anilines is 11. The van der Waals surface area contributed by atoms with E-state index < -0.39 is 68.6 Å². The number of halogens is 3. The number of nitrogen functional groups attached to an aromatic ring is 3. The van der Waals surface area contributed by atoms with Gasteiger partial charge >= 0.3 is 6.09 Å². The third kappa shape index (κ3) is 27.8. The van der Waals surface area contributed by atoms with E-state index in [9.17, 15) is 71.2 Å². The van der Waals surface area contributed by atoms with Crippen LogP contribution in [0.15, 0.2) is 215 Å². The van der Waals surface area contributed by atoms with Gasteiger partial charge in [-0.05, 0) is 184 Å². The maximum absolute atomic E-state index is 14.2. The summed E-state index contributed by atoms with van der Waals surface area (Å²) in [6.07, 6.45) is 14.5. The maximum atomic E-state index is 14.2. The molecule has 10 heterocycles. The SMILES string of the molecule is CC(=O)Nc1cc(-c2cnc(N(C)C)c(C(=O)N(C)c3ccc(F)cc3F)c2)ccn1.CC(=O)Nc1cc(-c2cnc(N)c(S(=O)(=O)C(C)C)c2)ccn1.CC(=O)Nc1cc(-c2cnc(N)c(S(=O)(=O)Cc3ccccc3Cl)c2)ccn1.CNc1ncc(-c2ccnc(NC(C)=O)c2)cc1S(=O)(=O)N(C(C)C)C(C)C.COC(=O)Nc1cc(-c2cnc(N)c(S(=O)(=O)N(C)C)c2)ccn1. The summed E-state index contributed by atoms with van der Waals surface area (Å²) in [5, 5.41) is 15.4. The molecule has 45 heteroatoms. The van der Waals surface area contributed by atoms with E-state index in [-0.39, 0.29) is 101 Å². The molecule has 12 aromatic rings. The predicted octanol–water partition coefficient (Wildman–Crippen LogP) is 13.0. The number of aromatic nitrogens is 10. The Bertz CT molecular complexity index is 6840. The molecular weight excluding hydrogens is 1830 g/mol. The van der Waals surface area contributed by atoms with Crippen molar-refractivity contribution in [2.45, 2.75) is 112 Å². The van der Waals surface area contributed by atoms with Gasteiger partial charge in [0.1, 0.15) is 89.4 Å². The molecule has 706 valence electrons. The number of carbonyl (C=O) groups excluding carboxylic acids is 6. The van der Waals surface area contributed by atoms with Gasteiger partial charge in [0.15, 0.2) is 19.7 Å². The van der Waals surface area contributed by atoms with Gasteiger partial charge in [-0.15, -0.1) is 0 Å². The number of nitrogens with two attached hydrogens (primary N) is 3. The number of nitrogens with zero attached hydrogens (tertiary/aromatic N) is 14. The third-order valence-corrected chi connectivity index (χ3v) is 27.2. The van der Waals surface area contributed by atoms with Crippen molar-refractivity contribution in [3.63, 3.8) is 0 Å². The number of rotatable bonds is 25. The smallest absolute Gasteiger partial charge is 0.412 e. The fourth-order valence-corrected chi connectivity index (χ4v) is 18.5. The molecule has 0 atom stereocenters. The van der Waals surface area contributed by atoms with Gasteiger partial charge in [0.05, 0.1) is 29.4 Å². The first-order valence-corrected chi connectivity index (χ1v) is 46.7. The largest absolute Gasteiger partial charge is 0.453 e. The van der Waals surface area contributed by atoms with Gasteiger partial charge in [0, 0.05) is 183 Å². The molecule has 0 saturated carbocycles. The number of benzene rings is 2. The number of methoxy groups -OCH3 is 1. The normalized spacial score (nSPS) is 11.3. The van der Waals surface area contributed by atoms with Gasteiger partial charge in [-0.3, -0.25) is 29.3 Å². The summed E-state index contributed by atoms with van der Waals surface area (Å²) in [7, 11) is -4.26. The molecule has 0 radical (unpaired) electrons. The topological polar surface area (TPSA) is 540 Å². The van der Waals surface area contributed by atoms with Crippen molar-refractivity contribution in [1.29, 1.82) is 0 Å². The minimum Gasteiger partial charge on any atom is -0.453 e. The van der Waals surface area contributed by atoms with E-state index in [1.807, 2.05) is 27.7 Å². The van der Waals surface area contributed by atoms with Crippen molar-refractivity contribution < 1.29 is 76.0 Å². The number of nitrogens with one attached hydrogen (secondary N) is 6. The highest BCUT2D eigenvalue weighted by Gasteiger charge is 2.34. The van der Waals surface area contributed by atoms with E-state index in [0.717, 1.165) is 21.3 Å². The number of sulfonamides is 2. The van der Waals surface area contributed by atoms with Gasteiger partial charge in [-0.1, -0.05) is 29.8 Å². The second kappa shape index (κ2) is 46.0. The van der Waals surface area contributed by atoms with Crippen LogP contribution in [0.4, 0.5) is 77.4 Å². The van der Waals surface area contributed by atoms with E-state index in [4.69, 9.17) is 28.8 Å². The van der Waals surface area contributed by atoms with Crippen LogP contribution in [0, 0.1) is 11.6 Å². The maximum Gasteiger partial charge on any atom is 0.412 e. The molecule has 2 aromatic carbocycles. The van der Waals surface area contributed by atoms with Crippen LogP contribution in [0.2, 0.25) is 5.02 Å². The monoisotopic (exact) mass is 1930 g/mol. The number of carbonyl (C=O) groups is 6.